The fraction of sp³-hybridized carbons (Fsp3) is 0.458. The van der Waals surface area contributed by atoms with Crippen molar-refractivity contribution in [2.45, 2.75) is 59.4 Å². The molecule has 3 aromatic rings. The van der Waals surface area contributed by atoms with Gasteiger partial charge in [-0.2, -0.15) is 0 Å². The predicted octanol–water partition coefficient (Wildman–Crippen LogP) is 7.37. The van der Waals surface area contributed by atoms with Crippen LogP contribution in [-0.2, 0) is 0 Å². The number of aromatic nitrogens is 2. The Labute approximate surface area is 180 Å². The first kappa shape index (κ1) is 21.5. The number of ether oxygens (including phenoxy) is 1. The second-order valence-corrected chi connectivity index (χ2v) is 9.56. The topological polar surface area (TPSA) is 39.1 Å². The van der Waals surface area contributed by atoms with E-state index in [4.69, 9.17) is 4.98 Å². The van der Waals surface area contributed by atoms with Gasteiger partial charge in [0.25, 0.3) is 0 Å². The smallest absolute Gasteiger partial charge is 0.406 e. The average molecular weight is 432 g/mol. The van der Waals surface area contributed by atoms with Crippen molar-refractivity contribution in [1.29, 1.82) is 0 Å². The quantitative estimate of drug-likeness (QED) is 0.469. The minimum Gasteiger partial charge on any atom is -0.406 e. The van der Waals surface area contributed by atoms with Crippen LogP contribution >= 0.6 is 0 Å². The highest BCUT2D eigenvalue weighted by Gasteiger charge is 2.35. The predicted molar refractivity (Wildman–Crippen MR) is 117 cm³/mol. The molecular formula is C24H28F3N3O. The highest BCUT2D eigenvalue weighted by molar-refractivity contribution is 5.80. The number of alkyl halides is 3. The van der Waals surface area contributed by atoms with Gasteiger partial charge in [-0.3, -0.25) is 0 Å². The van der Waals surface area contributed by atoms with Crippen molar-refractivity contribution >= 4 is 22.7 Å². The zero-order valence-corrected chi connectivity index (χ0v) is 18.3. The largest absolute Gasteiger partial charge is 0.573 e. The number of anilines is 2. The Morgan fingerprint density at radius 1 is 1.10 bits per heavy atom. The number of hydrogen-bond donors (Lipinski definition) is 1. The number of nitrogens with zero attached hydrogens (tertiary/aromatic N) is 2. The molecule has 1 saturated carbocycles. The number of benzene rings is 2. The van der Waals surface area contributed by atoms with Gasteiger partial charge in [-0.05, 0) is 79.5 Å². The van der Waals surface area contributed by atoms with Gasteiger partial charge < -0.3 is 14.6 Å². The van der Waals surface area contributed by atoms with E-state index in [0.29, 0.717) is 23.6 Å². The monoisotopic (exact) mass is 431 g/mol. The Hall–Kier alpha value is -2.70. The minimum atomic E-state index is -4.70. The molecule has 0 saturated heterocycles. The van der Waals surface area contributed by atoms with Crippen molar-refractivity contribution < 1.29 is 17.9 Å². The molecule has 4 rings (SSSR count). The van der Waals surface area contributed by atoms with Crippen molar-refractivity contribution in [2.24, 2.45) is 11.3 Å². The van der Waals surface area contributed by atoms with E-state index in [1.54, 1.807) is 12.1 Å². The van der Waals surface area contributed by atoms with Gasteiger partial charge in [-0.15, -0.1) is 13.2 Å². The number of imidazole rings is 1. The first-order valence-corrected chi connectivity index (χ1v) is 10.6. The second kappa shape index (κ2) is 7.77. The lowest BCUT2D eigenvalue weighted by Gasteiger charge is -2.40. The maximum absolute atomic E-state index is 12.4. The van der Waals surface area contributed by atoms with E-state index in [-0.39, 0.29) is 11.2 Å². The molecule has 31 heavy (non-hydrogen) atoms. The van der Waals surface area contributed by atoms with Crippen molar-refractivity contribution in [2.75, 3.05) is 5.32 Å². The van der Waals surface area contributed by atoms with E-state index in [2.05, 4.69) is 48.4 Å². The molecule has 2 atom stereocenters. The molecule has 1 aliphatic rings. The van der Waals surface area contributed by atoms with Crippen LogP contribution in [0.3, 0.4) is 0 Å². The SMILES string of the molecule is Cc1ccc2nc(Nc3ccc(OC(F)(F)F)cc3)n(C3CC(C)CC(C)(C)C3)c2c1. The molecule has 1 aromatic heterocycles. The number of aryl methyl sites for hydroxylation is 1. The molecule has 7 heteroatoms. The molecule has 2 aromatic carbocycles. The first-order valence-electron chi connectivity index (χ1n) is 10.6. The summed E-state index contributed by atoms with van der Waals surface area (Å²) in [7, 11) is 0. The molecule has 0 spiro atoms. The lowest BCUT2D eigenvalue weighted by Crippen LogP contribution is -2.29. The fourth-order valence-electron chi connectivity index (χ4n) is 5.02. The molecule has 0 aliphatic heterocycles. The van der Waals surface area contributed by atoms with Crippen LogP contribution in [0.5, 0.6) is 5.75 Å². The fourth-order valence-corrected chi connectivity index (χ4v) is 5.02. The molecule has 0 radical (unpaired) electrons. The van der Waals surface area contributed by atoms with Gasteiger partial charge in [-0.1, -0.05) is 26.8 Å². The van der Waals surface area contributed by atoms with Crippen molar-refractivity contribution in [3.05, 3.63) is 48.0 Å². The lowest BCUT2D eigenvalue weighted by atomic mass is 9.70. The molecule has 166 valence electrons. The van der Waals surface area contributed by atoms with Crippen LogP contribution in [0, 0.1) is 18.3 Å². The van der Waals surface area contributed by atoms with Gasteiger partial charge in [0.15, 0.2) is 0 Å². The van der Waals surface area contributed by atoms with E-state index in [1.807, 2.05) is 12.1 Å². The molecular weight excluding hydrogens is 403 g/mol. The minimum absolute atomic E-state index is 0.233. The third kappa shape index (κ3) is 4.97. The van der Waals surface area contributed by atoms with Crippen molar-refractivity contribution in [3.8, 4) is 5.75 Å². The third-order valence-electron chi connectivity index (χ3n) is 5.92. The standard InChI is InChI=1S/C24H28F3N3O/c1-15-5-10-20-21(12-15)30(18-11-16(2)13-23(3,4)14-18)22(29-20)28-17-6-8-19(9-7-17)31-24(25,26)27/h5-10,12,16,18H,11,13-14H2,1-4H3,(H,28,29). The van der Waals surface area contributed by atoms with Crippen molar-refractivity contribution in [1.82, 2.24) is 9.55 Å². The van der Waals surface area contributed by atoms with Crippen LogP contribution in [0.2, 0.25) is 0 Å². The summed E-state index contributed by atoms with van der Waals surface area (Å²) in [5.41, 5.74) is 4.04. The zero-order chi connectivity index (χ0) is 22.4. The molecule has 4 nitrogen and oxygen atoms in total. The van der Waals surface area contributed by atoms with Gasteiger partial charge in [-0.25, -0.2) is 4.98 Å². The highest BCUT2D eigenvalue weighted by atomic mass is 19.4. The summed E-state index contributed by atoms with van der Waals surface area (Å²) in [6, 6.07) is 12.3. The van der Waals surface area contributed by atoms with E-state index in [0.717, 1.165) is 29.4 Å². The Balaban J connectivity index is 1.70. The summed E-state index contributed by atoms with van der Waals surface area (Å²) in [6.45, 7) is 8.99. The summed E-state index contributed by atoms with van der Waals surface area (Å²) in [6.07, 6.45) is -1.40. The third-order valence-corrected chi connectivity index (χ3v) is 5.92. The summed E-state index contributed by atoms with van der Waals surface area (Å²) in [5, 5.41) is 3.33. The van der Waals surface area contributed by atoms with Crippen molar-refractivity contribution in [3.63, 3.8) is 0 Å². The summed E-state index contributed by atoms with van der Waals surface area (Å²) >= 11 is 0. The number of hydrogen-bond acceptors (Lipinski definition) is 3. The van der Waals surface area contributed by atoms with E-state index in [9.17, 15) is 13.2 Å². The molecule has 0 amide bonds. The maximum Gasteiger partial charge on any atom is 0.573 e. The lowest BCUT2D eigenvalue weighted by molar-refractivity contribution is -0.274. The van der Waals surface area contributed by atoms with E-state index >= 15 is 0 Å². The van der Waals surface area contributed by atoms with Crippen LogP contribution < -0.4 is 10.1 Å². The zero-order valence-electron chi connectivity index (χ0n) is 18.3. The second-order valence-electron chi connectivity index (χ2n) is 9.56. The molecule has 1 heterocycles. The molecule has 0 bridgehead atoms. The van der Waals surface area contributed by atoms with Crippen LogP contribution in [-0.4, -0.2) is 15.9 Å². The Morgan fingerprint density at radius 3 is 2.45 bits per heavy atom. The number of nitrogens with one attached hydrogen (secondary N) is 1. The number of rotatable bonds is 4. The van der Waals surface area contributed by atoms with Gasteiger partial charge in [0, 0.05) is 11.7 Å². The molecule has 1 fully saturated rings. The number of fused-ring (bicyclic) bond motifs is 1. The summed E-state index contributed by atoms with van der Waals surface area (Å²) in [5.74, 6) is 1.06. The maximum atomic E-state index is 12.4. The van der Waals surface area contributed by atoms with Gasteiger partial charge in [0.1, 0.15) is 5.75 Å². The Kier molecular flexibility index (Phi) is 5.40. The van der Waals surface area contributed by atoms with Crippen LogP contribution in [0.25, 0.3) is 11.0 Å². The van der Waals surface area contributed by atoms with Gasteiger partial charge >= 0.3 is 6.36 Å². The average Bonchev–Trinajstić information content (AvgIpc) is 2.97. The van der Waals surface area contributed by atoms with Crippen LogP contribution in [0.1, 0.15) is 51.6 Å². The highest BCUT2D eigenvalue weighted by Crippen LogP contribution is 2.46. The first-order chi connectivity index (χ1) is 14.5. The molecule has 2 unspecified atom stereocenters. The van der Waals surface area contributed by atoms with Crippen LogP contribution in [0.4, 0.5) is 24.8 Å². The molecule has 1 aliphatic carbocycles. The summed E-state index contributed by atoms with van der Waals surface area (Å²) < 4.78 is 43.6. The van der Waals surface area contributed by atoms with E-state index in [1.165, 1.54) is 18.6 Å². The van der Waals surface area contributed by atoms with E-state index < -0.39 is 6.36 Å². The van der Waals surface area contributed by atoms with Gasteiger partial charge in [0.05, 0.1) is 11.0 Å². The normalized spacial score (nSPS) is 21.3. The van der Waals surface area contributed by atoms with Crippen LogP contribution in [0.15, 0.2) is 42.5 Å². The Bertz CT molecular complexity index is 1070. The molecule has 1 N–H and O–H groups in total. The summed E-state index contributed by atoms with van der Waals surface area (Å²) in [4.78, 5) is 4.82. The Morgan fingerprint density at radius 2 is 1.81 bits per heavy atom. The number of halogens is 3. The van der Waals surface area contributed by atoms with Gasteiger partial charge in [0.2, 0.25) is 5.95 Å².